The van der Waals surface area contributed by atoms with E-state index in [1.54, 1.807) is 24.3 Å². The lowest BCUT2D eigenvalue weighted by Gasteiger charge is -2.12. The van der Waals surface area contributed by atoms with Gasteiger partial charge in [-0.25, -0.2) is 4.39 Å². The highest BCUT2D eigenvalue weighted by atomic mass is 35.5. The molecule has 0 amide bonds. The molecule has 0 aliphatic heterocycles. The summed E-state index contributed by atoms with van der Waals surface area (Å²) in [6.45, 7) is -0.268. The van der Waals surface area contributed by atoms with Crippen molar-refractivity contribution in [3.8, 4) is 5.75 Å². The standard InChI is InChI=1S/C14H11Cl2FO2/c15-11-4-2-5-12(16)10(11)8-19-14-9(7-18)3-1-6-13(14)17/h1-6,18H,7-8H2. The molecule has 0 radical (unpaired) electrons. The highest BCUT2D eigenvalue weighted by Crippen LogP contribution is 2.28. The van der Waals surface area contributed by atoms with Gasteiger partial charge < -0.3 is 9.84 Å². The van der Waals surface area contributed by atoms with Gasteiger partial charge in [-0.15, -0.1) is 0 Å². The van der Waals surface area contributed by atoms with E-state index < -0.39 is 5.82 Å². The molecule has 0 saturated heterocycles. The topological polar surface area (TPSA) is 29.5 Å². The summed E-state index contributed by atoms with van der Waals surface area (Å²) in [5.74, 6) is -0.518. The molecule has 5 heteroatoms. The molecule has 1 N–H and O–H groups in total. The van der Waals surface area contributed by atoms with E-state index in [0.29, 0.717) is 21.2 Å². The number of halogens is 3. The lowest BCUT2D eigenvalue weighted by molar-refractivity contribution is 0.251. The second kappa shape index (κ2) is 6.24. The fourth-order valence-electron chi connectivity index (χ4n) is 1.65. The maximum absolute atomic E-state index is 13.6. The molecular weight excluding hydrogens is 290 g/mol. The Kier molecular flexibility index (Phi) is 4.64. The number of ether oxygens (including phenoxy) is 1. The summed E-state index contributed by atoms with van der Waals surface area (Å²) in [7, 11) is 0. The van der Waals surface area contributed by atoms with Crippen LogP contribution in [0.3, 0.4) is 0 Å². The Balaban J connectivity index is 2.24. The van der Waals surface area contributed by atoms with E-state index in [0.717, 1.165) is 0 Å². The Hall–Kier alpha value is -1.29. The number of rotatable bonds is 4. The summed E-state index contributed by atoms with van der Waals surface area (Å²) in [5.41, 5.74) is 0.959. The van der Waals surface area contributed by atoms with Crippen LogP contribution < -0.4 is 4.74 Å². The lowest BCUT2D eigenvalue weighted by atomic mass is 10.2. The average molecular weight is 301 g/mol. The minimum atomic E-state index is -0.533. The first-order valence-electron chi connectivity index (χ1n) is 5.57. The van der Waals surface area contributed by atoms with E-state index in [-0.39, 0.29) is 19.0 Å². The minimum Gasteiger partial charge on any atom is -0.485 e. The number of aliphatic hydroxyl groups excluding tert-OH is 1. The molecular formula is C14H11Cl2FO2. The fourth-order valence-corrected chi connectivity index (χ4v) is 2.16. The van der Waals surface area contributed by atoms with E-state index >= 15 is 0 Å². The molecule has 0 aliphatic carbocycles. The normalized spacial score (nSPS) is 10.5. The van der Waals surface area contributed by atoms with Gasteiger partial charge in [0.15, 0.2) is 11.6 Å². The second-order valence-corrected chi connectivity index (χ2v) is 4.69. The summed E-state index contributed by atoms with van der Waals surface area (Å²) in [6.07, 6.45) is 0. The van der Waals surface area contributed by atoms with Crippen LogP contribution in [0.25, 0.3) is 0 Å². The lowest BCUT2D eigenvalue weighted by Crippen LogP contribution is -2.02. The van der Waals surface area contributed by atoms with Crippen LogP contribution in [0, 0.1) is 5.82 Å². The van der Waals surface area contributed by atoms with Gasteiger partial charge in [0.05, 0.1) is 6.61 Å². The van der Waals surface area contributed by atoms with Crippen molar-refractivity contribution in [2.45, 2.75) is 13.2 Å². The number of benzene rings is 2. The number of hydrogen-bond acceptors (Lipinski definition) is 2. The van der Waals surface area contributed by atoms with E-state index in [9.17, 15) is 4.39 Å². The number of aliphatic hydroxyl groups is 1. The highest BCUT2D eigenvalue weighted by Gasteiger charge is 2.12. The molecule has 19 heavy (non-hydrogen) atoms. The smallest absolute Gasteiger partial charge is 0.165 e. The maximum atomic E-state index is 13.6. The van der Waals surface area contributed by atoms with Crippen molar-refractivity contribution < 1.29 is 14.2 Å². The Morgan fingerprint density at radius 3 is 2.32 bits per heavy atom. The van der Waals surface area contributed by atoms with Crippen LogP contribution >= 0.6 is 23.2 Å². The average Bonchev–Trinajstić information content (AvgIpc) is 2.39. The van der Waals surface area contributed by atoms with Gasteiger partial charge >= 0.3 is 0 Å². The summed E-state index contributed by atoms with van der Waals surface area (Å²) in [4.78, 5) is 0. The molecule has 2 aromatic rings. The van der Waals surface area contributed by atoms with Gasteiger partial charge in [-0.3, -0.25) is 0 Å². The third-order valence-corrected chi connectivity index (χ3v) is 3.35. The minimum absolute atomic E-state index is 0.0148. The monoisotopic (exact) mass is 300 g/mol. The zero-order chi connectivity index (χ0) is 13.8. The van der Waals surface area contributed by atoms with Gasteiger partial charge in [0.2, 0.25) is 0 Å². The predicted octanol–water partition coefficient (Wildman–Crippen LogP) is 4.20. The van der Waals surface area contributed by atoms with E-state index in [1.165, 1.54) is 12.1 Å². The molecule has 0 fully saturated rings. The number of para-hydroxylation sites is 1. The van der Waals surface area contributed by atoms with E-state index in [1.807, 2.05) is 0 Å². The Morgan fingerprint density at radius 1 is 1.05 bits per heavy atom. The molecule has 0 heterocycles. The molecule has 100 valence electrons. The molecule has 0 unspecified atom stereocenters. The van der Waals surface area contributed by atoms with Crippen molar-refractivity contribution in [1.82, 2.24) is 0 Å². The summed E-state index contributed by atoms with van der Waals surface area (Å²) in [5, 5.41) is 10.1. The van der Waals surface area contributed by atoms with Crippen molar-refractivity contribution in [3.05, 3.63) is 63.4 Å². The molecule has 0 spiro atoms. The summed E-state index contributed by atoms with van der Waals surface area (Å²) >= 11 is 12.0. The largest absolute Gasteiger partial charge is 0.485 e. The Bertz CT molecular complexity index is 567. The van der Waals surface area contributed by atoms with Crippen LogP contribution in [-0.4, -0.2) is 5.11 Å². The van der Waals surface area contributed by atoms with Gasteiger partial charge in [0.1, 0.15) is 6.61 Å². The predicted molar refractivity (Wildman–Crippen MR) is 73.1 cm³/mol. The van der Waals surface area contributed by atoms with Crippen molar-refractivity contribution in [2.75, 3.05) is 0 Å². The molecule has 2 rings (SSSR count). The molecule has 0 atom stereocenters. The summed E-state index contributed by atoms with van der Waals surface area (Å²) < 4.78 is 19.0. The van der Waals surface area contributed by atoms with Gasteiger partial charge in [0, 0.05) is 21.2 Å². The quantitative estimate of drug-likeness (QED) is 0.917. The maximum Gasteiger partial charge on any atom is 0.165 e. The first kappa shape index (κ1) is 14.1. The molecule has 0 aromatic heterocycles. The molecule has 0 bridgehead atoms. The first-order valence-corrected chi connectivity index (χ1v) is 6.33. The van der Waals surface area contributed by atoms with Crippen molar-refractivity contribution in [2.24, 2.45) is 0 Å². The zero-order valence-electron chi connectivity index (χ0n) is 9.87. The summed E-state index contributed by atoms with van der Waals surface area (Å²) in [6, 6.07) is 9.45. The van der Waals surface area contributed by atoms with Gasteiger partial charge in [-0.1, -0.05) is 41.4 Å². The highest BCUT2D eigenvalue weighted by molar-refractivity contribution is 6.35. The van der Waals surface area contributed by atoms with Crippen LogP contribution in [0.15, 0.2) is 36.4 Å². The molecule has 0 saturated carbocycles. The first-order chi connectivity index (χ1) is 9.13. The van der Waals surface area contributed by atoms with Crippen LogP contribution in [0.2, 0.25) is 10.0 Å². The molecule has 2 nitrogen and oxygen atoms in total. The fraction of sp³-hybridized carbons (Fsp3) is 0.143. The van der Waals surface area contributed by atoms with Crippen LogP contribution in [-0.2, 0) is 13.2 Å². The van der Waals surface area contributed by atoms with Gasteiger partial charge in [-0.05, 0) is 18.2 Å². The van der Waals surface area contributed by atoms with E-state index in [4.69, 9.17) is 33.0 Å². The molecule has 2 aromatic carbocycles. The molecule has 0 aliphatic rings. The second-order valence-electron chi connectivity index (χ2n) is 3.88. The number of hydrogen-bond donors (Lipinski definition) is 1. The third-order valence-electron chi connectivity index (χ3n) is 2.64. The van der Waals surface area contributed by atoms with Crippen molar-refractivity contribution in [1.29, 1.82) is 0 Å². The van der Waals surface area contributed by atoms with Crippen LogP contribution in [0.4, 0.5) is 4.39 Å². The SMILES string of the molecule is OCc1cccc(F)c1OCc1c(Cl)cccc1Cl. The van der Waals surface area contributed by atoms with Crippen LogP contribution in [0.5, 0.6) is 5.75 Å². The van der Waals surface area contributed by atoms with Gasteiger partial charge in [0.25, 0.3) is 0 Å². The van der Waals surface area contributed by atoms with Crippen molar-refractivity contribution in [3.63, 3.8) is 0 Å². The van der Waals surface area contributed by atoms with Gasteiger partial charge in [-0.2, -0.15) is 0 Å². The Labute approximate surface area is 120 Å². The Morgan fingerprint density at radius 2 is 1.68 bits per heavy atom. The van der Waals surface area contributed by atoms with E-state index in [2.05, 4.69) is 0 Å². The van der Waals surface area contributed by atoms with Crippen molar-refractivity contribution >= 4 is 23.2 Å². The van der Waals surface area contributed by atoms with Crippen LogP contribution in [0.1, 0.15) is 11.1 Å². The zero-order valence-corrected chi connectivity index (χ0v) is 11.4. The third kappa shape index (κ3) is 3.18.